The third-order valence-corrected chi connectivity index (χ3v) is 4.23. The number of benzene rings is 2. The van der Waals surface area contributed by atoms with Crippen molar-refractivity contribution in [1.29, 1.82) is 0 Å². The Morgan fingerprint density at radius 3 is 2.65 bits per heavy atom. The van der Waals surface area contributed by atoms with Crippen molar-refractivity contribution in [3.63, 3.8) is 0 Å². The number of halogens is 3. The lowest BCUT2D eigenvalue weighted by Crippen LogP contribution is -2.01. The molecule has 0 unspecified atom stereocenters. The Labute approximate surface area is 142 Å². The van der Waals surface area contributed by atoms with E-state index in [9.17, 15) is 4.39 Å². The maximum atomic E-state index is 13.7. The van der Waals surface area contributed by atoms with Crippen LogP contribution >= 0.6 is 23.2 Å². The molecular weight excluding hydrogens is 338 g/mol. The van der Waals surface area contributed by atoms with Crippen LogP contribution < -0.4 is 5.73 Å². The van der Waals surface area contributed by atoms with Crippen molar-refractivity contribution >= 4 is 23.2 Å². The molecule has 0 amide bonds. The molecule has 0 bridgehead atoms. The Balaban J connectivity index is 2.03. The van der Waals surface area contributed by atoms with Crippen LogP contribution in [0.15, 0.2) is 36.7 Å². The van der Waals surface area contributed by atoms with E-state index < -0.39 is 5.82 Å². The van der Waals surface area contributed by atoms with Crippen LogP contribution in [0.2, 0.25) is 10.0 Å². The molecule has 2 aromatic carbocycles. The number of hydrogen-bond donors (Lipinski definition) is 1. The SMILES string of the molecule is Cc1ccc(-n2cnc(-c3cc(CN)c(F)cc3Cl)n2)cc1Cl. The lowest BCUT2D eigenvalue weighted by atomic mass is 10.1. The van der Waals surface area contributed by atoms with Gasteiger partial charge in [-0.3, -0.25) is 0 Å². The van der Waals surface area contributed by atoms with Gasteiger partial charge in [0.1, 0.15) is 12.1 Å². The monoisotopic (exact) mass is 350 g/mol. The molecule has 3 aromatic rings. The lowest BCUT2D eigenvalue weighted by molar-refractivity contribution is 0.611. The van der Waals surface area contributed by atoms with Crippen LogP contribution in [0.5, 0.6) is 0 Å². The van der Waals surface area contributed by atoms with E-state index in [1.807, 2.05) is 19.1 Å². The van der Waals surface area contributed by atoms with Gasteiger partial charge >= 0.3 is 0 Å². The summed E-state index contributed by atoms with van der Waals surface area (Å²) in [5.74, 6) is -0.0487. The molecule has 3 rings (SSSR count). The zero-order chi connectivity index (χ0) is 16.6. The van der Waals surface area contributed by atoms with Crippen molar-refractivity contribution in [3.8, 4) is 17.1 Å². The first-order valence-electron chi connectivity index (χ1n) is 6.86. The normalized spacial score (nSPS) is 11.0. The number of hydrogen-bond acceptors (Lipinski definition) is 3. The predicted octanol–water partition coefficient (Wildman–Crippen LogP) is 4.15. The molecule has 1 aromatic heterocycles. The average molecular weight is 351 g/mol. The molecule has 23 heavy (non-hydrogen) atoms. The number of aromatic nitrogens is 3. The molecule has 4 nitrogen and oxygen atoms in total. The summed E-state index contributed by atoms with van der Waals surface area (Å²) < 4.78 is 15.3. The highest BCUT2D eigenvalue weighted by molar-refractivity contribution is 6.33. The molecule has 1 heterocycles. The van der Waals surface area contributed by atoms with Crippen LogP contribution in [0.4, 0.5) is 4.39 Å². The summed E-state index contributed by atoms with van der Waals surface area (Å²) >= 11 is 12.2. The van der Waals surface area contributed by atoms with Crippen molar-refractivity contribution in [3.05, 3.63) is 63.6 Å². The quantitative estimate of drug-likeness (QED) is 0.771. The molecular formula is C16H13Cl2FN4. The Morgan fingerprint density at radius 2 is 1.96 bits per heavy atom. The number of rotatable bonds is 3. The zero-order valence-electron chi connectivity index (χ0n) is 12.2. The summed E-state index contributed by atoms with van der Waals surface area (Å²) in [6, 6.07) is 8.38. The van der Waals surface area contributed by atoms with Crippen LogP contribution in [0.25, 0.3) is 17.1 Å². The van der Waals surface area contributed by atoms with Crippen molar-refractivity contribution in [2.24, 2.45) is 5.73 Å². The molecule has 118 valence electrons. The third-order valence-electron chi connectivity index (χ3n) is 3.51. The van der Waals surface area contributed by atoms with Gasteiger partial charge in [-0.25, -0.2) is 14.1 Å². The molecule has 2 N–H and O–H groups in total. The van der Waals surface area contributed by atoms with E-state index in [-0.39, 0.29) is 11.6 Å². The molecule has 7 heteroatoms. The van der Waals surface area contributed by atoms with Gasteiger partial charge in [0.25, 0.3) is 0 Å². The number of nitrogens with zero attached hydrogens (tertiary/aromatic N) is 3. The summed E-state index contributed by atoms with van der Waals surface area (Å²) in [5, 5.41) is 5.27. The van der Waals surface area contributed by atoms with Gasteiger partial charge < -0.3 is 5.73 Å². The smallest absolute Gasteiger partial charge is 0.183 e. The van der Waals surface area contributed by atoms with Gasteiger partial charge in [0.2, 0.25) is 0 Å². The second-order valence-electron chi connectivity index (χ2n) is 5.07. The largest absolute Gasteiger partial charge is 0.326 e. The van der Waals surface area contributed by atoms with E-state index in [1.54, 1.807) is 23.1 Å². The lowest BCUT2D eigenvalue weighted by Gasteiger charge is -2.05. The Hall–Kier alpha value is -1.95. The molecule has 0 saturated carbocycles. The first kappa shape index (κ1) is 15.9. The van der Waals surface area contributed by atoms with Gasteiger partial charge in [0.05, 0.1) is 10.7 Å². The Bertz CT molecular complexity index is 877. The van der Waals surface area contributed by atoms with Gasteiger partial charge in [0, 0.05) is 22.7 Å². The van der Waals surface area contributed by atoms with Gasteiger partial charge in [-0.2, -0.15) is 0 Å². The van der Waals surface area contributed by atoms with Gasteiger partial charge in [-0.05, 0) is 36.8 Å². The summed E-state index contributed by atoms with van der Waals surface area (Å²) in [7, 11) is 0. The van der Waals surface area contributed by atoms with E-state index in [1.165, 1.54) is 6.07 Å². The van der Waals surface area contributed by atoms with Crippen molar-refractivity contribution in [2.45, 2.75) is 13.5 Å². The second-order valence-corrected chi connectivity index (χ2v) is 5.89. The fourth-order valence-electron chi connectivity index (χ4n) is 2.16. The van der Waals surface area contributed by atoms with Crippen molar-refractivity contribution in [1.82, 2.24) is 14.8 Å². The highest BCUT2D eigenvalue weighted by atomic mass is 35.5. The first-order chi connectivity index (χ1) is 11.0. The van der Waals surface area contributed by atoms with Crippen LogP contribution in [-0.4, -0.2) is 14.8 Å². The molecule has 0 saturated heterocycles. The maximum Gasteiger partial charge on any atom is 0.183 e. The molecule has 0 spiro atoms. The Morgan fingerprint density at radius 1 is 1.17 bits per heavy atom. The molecule has 0 aliphatic carbocycles. The fraction of sp³-hybridized carbons (Fsp3) is 0.125. The van der Waals surface area contributed by atoms with E-state index in [0.29, 0.717) is 22.0 Å². The summed E-state index contributed by atoms with van der Waals surface area (Å²) in [6.07, 6.45) is 1.55. The molecule has 0 aliphatic rings. The standard InChI is InChI=1S/C16H13Cl2FN4/c1-9-2-3-11(5-13(9)17)23-8-21-16(22-23)12-4-10(7-20)15(19)6-14(12)18/h2-6,8H,7,20H2,1H3. The molecule has 0 fully saturated rings. The van der Waals surface area contributed by atoms with E-state index >= 15 is 0 Å². The number of nitrogens with two attached hydrogens (primary N) is 1. The van der Waals surface area contributed by atoms with Gasteiger partial charge in [0.15, 0.2) is 5.82 Å². The highest BCUT2D eigenvalue weighted by Crippen LogP contribution is 2.28. The molecule has 0 atom stereocenters. The first-order valence-corrected chi connectivity index (χ1v) is 7.61. The predicted molar refractivity (Wildman–Crippen MR) is 89.4 cm³/mol. The fourth-order valence-corrected chi connectivity index (χ4v) is 2.57. The number of aryl methyl sites for hydroxylation is 1. The van der Waals surface area contributed by atoms with E-state index in [0.717, 1.165) is 11.3 Å². The summed E-state index contributed by atoms with van der Waals surface area (Å²) in [5.41, 5.74) is 8.18. The van der Waals surface area contributed by atoms with Gasteiger partial charge in [-0.15, -0.1) is 5.10 Å². The zero-order valence-corrected chi connectivity index (χ0v) is 13.7. The Kier molecular flexibility index (Phi) is 4.35. The van der Waals surface area contributed by atoms with Crippen LogP contribution in [0.3, 0.4) is 0 Å². The maximum absolute atomic E-state index is 13.7. The summed E-state index contributed by atoms with van der Waals surface area (Å²) in [6.45, 7) is 2.00. The van der Waals surface area contributed by atoms with Crippen molar-refractivity contribution in [2.75, 3.05) is 0 Å². The minimum atomic E-state index is -0.439. The van der Waals surface area contributed by atoms with Gasteiger partial charge in [-0.1, -0.05) is 29.3 Å². The van der Waals surface area contributed by atoms with E-state index in [4.69, 9.17) is 28.9 Å². The van der Waals surface area contributed by atoms with E-state index in [2.05, 4.69) is 10.1 Å². The average Bonchev–Trinajstić information content (AvgIpc) is 3.00. The highest BCUT2D eigenvalue weighted by Gasteiger charge is 2.14. The summed E-state index contributed by atoms with van der Waals surface area (Å²) in [4.78, 5) is 4.24. The van der Waals surface area contributed by atoms with Crippen LogP contribution in [0.1, 0.15) is 11.1 Å². The molecule has 0 radical (unpaired) electrons. The van der Waals surface area contributed by atoms with Crippen molar-refractivity contribution < 1.29 is 4.39 Å². The van der Waals surface area contributed by atoms with Crippen LogP contribution in [0, 0.1) is 12.7 Å². The van der Waals surface area contributed by atoms with Crippen LogP contribution in [-0.2, 0) is 6.54 Å². The minimum Gasteiger partial charge on any atom is -0.326 e. The minimum absolute atomic E-state index is 0.0737. The second kappa shape index (κ2) is 6.28. The topological polar surface area (TPSA) is 56.7 Å². The third kappa shape index (κ3) is 3.08. The molecule has 0 aliphatic heterocycles.